The molecule has 0 fully saturated rings. The Morgan fingerprint density at radius 2 is 1.68 bits per heavy atom. The third-order valence-electron chi connectivity index (χ3n) is 4.91. The van der Waals surface area contributed by atoms with Gasteiger partial charge in [0.05, 0.1) is 18.8 Å². The lowest BCUT2D eigenvalue weighted by molar-refractivity contribution is -0.137. The molecule has 0 saturated heterocycles. The zero-order valence-corrected chi connectivity index (χ0v) is 18.4. The van der Waals surface area contributed by atoms with Crippen molar-refractivity contribution >= 4 is 21.9 Å². The minimum Gasteiger partial charge on any atom is -0.497 e. The normalized spacial score (nSPS) is 13.2. The molecule has 0 bridgehead atoms. The highest BCUT2D eigenvalue weighted by Gasteiger charge is 2.32. The Bertz CT molecular complexity index is 961. The average molecular weight is 449 g/mol. The van der Waals surface area contributed by atoms with Gasteiger partial charge < -0.3 is 15.2 Å². The summed E-state index contributed by atoms with van der Waals surface area (Å²) in [5.74, 6) is -1.07. The van der Waals surface area contributed by atoms with Crippen LogP contribution in [0.2, 0.25) is 0 Å². The van der Waals surface area contributed by atoms with E-state index in [0.29, 0.717) is 12.2 Å². The molecular weight excluding hydrogens is 420 g/mol. The first-order valence-electron chi connectivity index (χ1n) is 9.86. The number of ether oxygens (including phenoxy) is 1. The maximum Gasteiger partial charge on any atom is 0.304 e. The first-order valence-corrected chi connectivity index (χ1v) is 11.4. The number of amides is 1. The summed E-state index contributed by atoms with van der Waals surface area (Å²) < 4.78 is 33.6. The van der Waals surface area contributed by atoms with Crippen LogP contribution in [0.15, 0.2) is 54.6 Å². The molecule has 2 aromatic rings. The number of carboxylic acids is 1. The van der Waals surface area contributed by atoms with Gasteiger partial charge in [-0.05, 0) is 42.5 Å². The number of aryl methyl sites for hydroxylation is 1. The number of likely N-dealkylation sites (N-methyl/N-ethyl adjacent to an activating group) is 1. The van der Waals surface area contributed by atoms with Gasteiger partial charge in [0.25, 0.3) is 0 Å². The van der Waals surface area contributed by atoms with Crippen molar-refractivity contribution in [2.24, 2.45) is 0 Å². The van der Waals surface area contributed by atoms with E-state index in [1.54, 1.807) is 24.3 Å². The number of sulfonamides is 1. The highest BCUT2D eigenvalue weighted by atomic mass is 32.2. The fourth-order valence-corrected chi connectivity index (χ4v) is 4.76. The lowest BCUT2D eigenvalue weighted by atomic mass is 10.1. The predicted molar refractivity (Wildman–Crippen MR) is 117 cm³/mol. The van der Waals surface area contributed by atoms with Gasteiger partial charge in [0.2, 0.25) is 15.9 Å². The second-order valence-corrected chi connectivity index (χ2v) is 9.12. The molecule has 0 spiro atoms. The van der Waals surface area contributed by atoms with Crippen LogP contribution in [0.3, 0.4) is 0 Å². The fraction of sp³-hybridized carbons (Fsp3) is 0.364. The SMILES string of the molecule is CNC(=O)[C@H](Cc1ccc(OC)cc1)NS(=O)(=O)C(CCc1ccccc1)CC(=O)O. The third kappa shape index (κ3) is 7.69. The number of methoxy groups -OCH3 is 1. The van der Waals surface area contributed by atoms with Gasteiger partial charge in [0.15, 0.2) is 0 Å². The summed E-state index contributed by atoms with van der Waals surface area (Å²) in [5.41, 5.74) is 1.64. The molecule has 0 aliphatic rings. The minimum atomic E-state index is -4.09. The van der Waals surface area contributed by atoms with E-state index in [1.165, 1.54) is 14.2 Å². The van der Waals surface area contributed by atoms with Gasteiger partial charge in [-0.2, -0.15) is 0 Å². The third-order valence-corrected chi connectivity index (χ3v) is 6.80. The molecule has 0 radical (unpaired) electrons. The number of carboxylic acid groups (broad SMARTS) is 1. The maximum absolute atomic E-state index is 13.0. The number of carbonyl (C=O) groups excluding carboxylic acids is 1. The van der Waals surface area contributed by atoms with Crippen molar-refractivity contribution in [2.75, 3.05) is 14.2 Å². The summed E-state index contributed by atoms with van der Waals surface area (Å²) >= 11 is 0. The maximum atomic E-state index is 13.0. The molecule has 2 aromatic carbocycles. The standard InChI is InChI=1S/C22H28N2O6S/c1-23-22(27)20(14-17-8-11-18(30-2)12-9-17)24-31(28,29)19(15-21(25)26)13-10-16-6-4-3-5-7-16/h3-9,11-12,19-20,24H,10,13-15H2,1-2H3,(H,23,27)(H,25,26)/t19?,20-/m0/s1. The van der Waals surface area contributed by atoms with Crippen LogP contribution < -0.4 is 14.8 Å². The Morgan fingerprint density at radius 3 is 2.23 bits per heavy atom. The Balaban J connectivity index is 2.18. The smallest absolute Gasteiger partial charge is 0.304 e. The summed E-state index contributed by atoms with van der Waals surface area (Å²) in [6, 6.07) is 15.1. The van der Waals surface area contributed by atoms with Crippen LogP contribution in [0.5, 0.6) is 5.75 Å². The second-order valence-electron chi connectivity index (χ2n) is 7.13. The molecule has 2 atom stereocenters. The fourth-order valence-electron chi connectivity index (χ4n) is 3.19. The van der Waals surface area contributed by atoms with Crippen molar-refractivity contribution in [3.8, 4) is 5.75 Å². The molecule has 0 aromatic heterocycles. The summed E-state index contributed by atoms with van der Waals surface area (Å²) in [7, 11) is -1.14. The van der Waals surface area contributed by atoms with Gasteiger partial charge in [-0.25, -0.2) is 13.1 Å². The first kappa shape index (κ1) is 24.4. The minimum absolute atomic E-state index is 0.112. The number of hydrogen-bond acceptors (Lipinski definition) is 5. The molecule has 8 nitrogen and oxygen atoms in total. The van der Waals surface area contributed by atoms with E-state index in [1.807, 2.05) is 30.3 Å². The van der Waals surface area contributed by atoms with Gasteiger partial charge in [-0.3, -0.25) is 9.59 Å². The molecule has 0 heterocycles. The molecule has 1 unspecified atom stereocenters. The van der Waals surface area contributed by atoms with Crippen molar-refractivity contribution in [1.29, 1.82) is 0 Å². The number of aliphatic carboxylic acids is 1. The number of carbonyl (C=O) groups is 2. The number of benzene rings is 2. The molecule has 2 rings (SSSR count). The van der Waals surface area contributed by atoms with E-state index in [4.69, 9.17) is 4.74 Å². The molecule has 0 saturated carbocycles. The van der Waals surface area contributed by atoms with Crippen LogP contribution in [0.1, 0.15) is 24.0 Å². The topological polar surface area (TPSA) is 122 Å². The number of nitrogens with one attached hydrogen (secondary N) is 2. The summed E-state index contributed by atoms with van der Waals surface area (Å²) in [6.07, 6.45) is 0.0873. The Hall–Kier alpha value is -2.91. The van der Waals surface area contributed by atoms with Crippen molar-refractivity contribution in [3.05, 3.63) is 65.7 Å². The monoisotopic (exact) mass is 448 g/mol. The van der Waals surface area contributed by atoms with Gasteiger partial charge in [-0.1, -0.05) is 42.5 Å². The van der Waals surface area contributed by atoms with E-state index in [2.05, 4.69) is 10.0 Å². The Kier molecular flexibility index (Phi) is 9.02. The van der Waals surface area contributed by atoms with Crippen molar-refractivity contribution < 1.29 is 27.9 Å². The highest BCUT2D eigenvalue weighted by molar-refractivity contribution is 7.90. The van der Waals surface area contributed by atoms with Crippen molar-refractivity contribution in [1.82, 2.24) is 10.0 Å². The Labute approximate surface area is 182 Å². The van der Waals surface area contributed by atoms with Crippen LogP contribution >= 0.6 is 0 Å². The molecule has 3 N–H and O–H groups in total. The zero-order valence-electron chi connectivity index (χ0n) is 17.6. The van der Waals surface area contributed by atoms with Crippen LogP contribution in [0.4, 0.5) is 0 Å². The van der Waals surface area contributed by atoms with Crippen LogP contribution in [-0.2, 0) is 32.5 Å². The number of rotatable bonds is 12. The van der Waals surface area contributed by atoms with Gasteiger partial charge in [-0.15, -0.1) is 0 Å². The molecule has 9 heteroatoms. The molecular formula is C22H28N2O6S. The van der Waals surface area contributed by atoms with E-state index in [0.717, 1.165) is 11.1 Å². The van der Waals surface area contributed by atoms with Gasteiger partial charge in [0, 0.05) is 7.05 Å². The van der Waals surface area contributed by atoms with E-state index in [-0.39, 0.29) is 12.8 Å². The summed E-state index contributed by atoms with van der Waals surface area (Å²) in [5, 5.41) is 10.5. The lowest BCUT2D eigenvalue weighted by Crippen LogP contribution is -2.50. The highest BCUT2D eigenvalue weighted by Crippen LogP contribution is 2.17. The quantitative estimate of drug-likeness (QED) is 0.455. The molecule has 31 heavy (non-hydrogen) atoms. The van der Waals surface area contributed by atoms with Crippen LogP contribution in [-0.4, -0.2) is 50.9 Å². The van der Waals surface area contributed by atoms with Crippen molar-refractivity contribution in [2.45, 2.75) is 37.0 Å². The zero-order chi connectivity index (χ0) is 22.9. The number of hydrogen-bond donors (Lipinski definition) is 3. The molecule has 1 amide bonds. The van der Waals surface area contributed by atoms with Gasteiger partial charge >= 0.3 is 5.97 Å². The van der Waals surface area contributed by atoms with Crippen LogP contribution in [0.25, 0.3) is 0 Å². The first-order chi connectivity index (χ1) is 14.7. The average Bonchev–Trinajstić information content (AvgIpc) is 2.76. The van der Waals surface area contributed by atoms with Crippen molar-refractivity contribution in [3.63, 3.8) is 0 Å². The largest absolute Gasteiger partial charge is 0.497 e. The summed E-state index contributed by atoms with van der Waals surface area (Å²) in [4.78, 5) is 23.7. The van der Waals surface area contributed by atoms with E-state index in [9.17, 15) is 23.1 Å². The van der Waals surface area contributed by atoms with Gasteiger partial charge in [0.1, 0.15) is 11.8 Å². The predicted octanol–water partition coefficient (Wildman–Crippen LogP) is 1.75. The van der Waals surface area contributed by atoms with E-state index < -0.39 is 39.6 Å². The summed E-state index contributed by atoms with van der Waals surface area (Å²) in [6.45, 7) is 0. The molecule has 0 aliphatic carbocycles. The molecule has 0 aliphatic heterocycles. The lowest BCUT2D eigenvalue weighted by Gasteiger charge is -2.22. The Morgan fingerprint density at radius 1 is 1.03 bits per heavy atom. The molecule has 168 valence electrons. The van der Waals surface area contributed by atoms with E-state index >= 15 is 0 Å². The van der Waals surface area contributed by atoms with Crippen LogP contribution in [0, 0.1) is 0 Å². The second kappa shape index (κ2) is 11.5.